The molecule has 1 heterocycles. The van der Waals surface area contributed by atoms with Gasteiger partial charge >= 0.3 is 5.97 Å². The van der Waals surface area contributed by atoms with Crippen molar-refractivity contribution < 1.29 is 23.1 Å². The Labute approximate surface area is 124 Å². The van der Waals surface area contributed by atoms with Gasteiger partial charge < -0.3 is 10.1 Å². The zero-order valence-corrected chi connectivity index (χ0v) is 11.6. The van der Waals surface area contributed by atoms with Crippen LogP contribution in [0.3, 0.4) is 0 Å². The lowest BCUT2D eigenvalue weighted by Crippen LogP contribution is -2.21. The first-order chi connectivity index (χ1) is 10.5. The Morgan fingerprint density at radius 1 is 1.18 bits per heavy atom. The fourth-order valence-electron chi connectivity index (χ4n) is 1.57. The molecule has 0 saturated carbocycles. The smallest absolute Gasteiger partial charge is 0.340 e. The molecule has 0 aliphatic carbocycles. The van der Waals surface area contributed by atoms with E-state index in [4.69, 9.17) is 4.74 Å². The van der Waals surface area contributed by atoms with Crippen LogP contribution in [0.1, 0.15) is 16.1 Å². The van der Waals surface area contributed by atoms with Gasteiger partial charge in [-0.05, 0) is 31.2 Å². The van der Waals surface area contributed by atoms with Crippen molar-refractivity contribution in [3.63, 3.8) is 0 Å². The van der Waals surface area contributed by atoms with Gasteiger partial charge in [-0.3, -0.25) is 9.78 Å². The number of hydrogen-bond acceptors (Lipinski definition) is 4. The van der Waals surface area contributed by atoms with Crippen LogP contribution in [0.4, 0.5) is 14.5 Å². The molecule has 0 atom stereocenters. The number of aryl methyl sites for hydroxylation is 1. The van der Waals surface area contributed by atoms with Crippen LogP contribution >= 0.6 is 0 Å². The Hall–Kier alpha value is -2.83. The Morgan fingerprint density at radius 2 is 1.95 bits per heavy atom. The van der Waals surface area contributed by atoms with E-state index in [2.05, 4.69) is 10.3 Å². The summed E-state index contributed by atoms with van der Waals surface area (Å²) in [5, 5.41) is 2.29. The van der Waals surface area contributed by atoms with Crippen molar-refractivity contribution in [2.45, 2.75) is 6.92 Å². The van der Waals surface area contributed by atoms with Gasteiger partial charge in [0.1, 0.15) is 0 Å². The molecule has 22 heavy (non-hydrogen) atoms. The summed E-state index contributed by atoms with van der Waals surface area (Å²) in [5.74, 6) is -3.47. The molecule has 1 aromatic carbocycles. The molecule has 5 nitrogen and oxygen atoms in total. The molecule has 114 valence electrons. The second-order valence-electron chi connectivity index (χ2n) is 4.44. The molecule has 0 aliphatic heterocycles. The molecule has 0 saturated heterocycles. The summed E-state index contributed by atoms with van der Waals surface area (Å²) in [7, 11) is 0. The number of halogens is 2. The average molecular weight is 306 g/mol. The highest BCUT2D eigenvalue weighted by Gasteiger charge is 2.11. The first kappa shape index (κ1) is 15.6. The molecule has 2 rings (SSSR count). The number of pyridine rings is 1. The molecule has 2 aromatic rings. The molecule has 0 unspecified atom stereocenters. The van der Waals surface area contributed by atoms with Crippen molar-refractivity contribution in [1.82, 2.24) is 4.98 Å². The zero-order chi connectivity index (χ0) is 16.1. The largest absolute Gasteiger partial charge is 0.452 e. The molecule has 0 aliphatic rings. The Kier molecular flexibility index (Phi) is 4.77. The predicted molar refractivity (Wildman–Crippen MR) is 74.2 cm³/mol. The number of anilines is 1. The predicted octanol–water partition coefficient (Wildman–Crippen LogP) is 2.46. The number of rotatable bonds is 4. The van der Waals surface area contributed by atoms with Gasteiger partial charge in [0.25, 0.3) is 5.91 Å². The molecule has 1 aromatic heterocycles. The van der Waals surface area contributed by atoms with Gasteiger partial charge in [0.15, 0.2) is 18.2 Å². The van der Waals surface area contributed by atoms with E-state index in [1.165, 1.54) is 18.3 Å². The maximum absolute atomic E-state index is 13.0. The summed E-state index contributed by atoms with van der Waals surface area (Å²) < 4.78 is 30.5. The lowest BCUT2D eigenvalue weighted by Gasteiger charge is -2.07. The standard InChI is InChI=1S/C15H12F2N2O3/c1-9-2-3-10(7-18-9)15(21)22-8-14(20)19-11-4-5-12(16)13(17)6-11/h2-7H,8H2,1H3,(H,19,20). The minimum Gasteiger partial charge on any atom is -0.452 e. The SMILES string of the molecule is Cc1ccc(C(=O)OCC(=O)Nc2ccc(F)c(F)c2)cn1. The molecule has 0 bridgehead atoms. The van der Waals surface area contributed by atoms with E-state index < -0.39 is 30.1 Å². The Bertz CT molecular complexity index is 702. The third-order valence-electron chi connectivity index (χ3n) is 2.68. The summed E-state index contributed by atoms with van der Waals surface area (Å²) in [4.78, 5) is 27.2. The highest BCUT2D eigenvalue weighted by atomic mass is 19.2. The number of nitrogens with one attached hydrogen (secondary N) is 1. The number of benzene rings is 1. The van der Waals surface area contributed by atoms with Crippen LogP contribution in [0.25, 0.3) is 0 Å². The van der Waals surface area contributed by atoms with E-state index in [9.17, 15) is 18.4 Å². The molecule has 1 amide bonds. The van der Waals surface area contributed by atoms with E-state index in [-0.39, 0.29) is 11.3 Å². The van der Waals surface area contributed by atoms with Crippen molar-refractivity contribution in [3.8, 4) is 0 Å². The molecular formula is C15H12F2N2O3. The van der Waals surface area contributed by atoms with Crippen molar-refractivity contribution in [1.29, 1.82) is 0 Å². The number of hydrogen-bond donors (Lipinski definition) is 1. The van der Waals surface area contributed by atoms with Gasteiger partial charge in [-0.2, -0.15) is 0 Å². The Balaban J connectivity index is 1.88. The lowest BCUT2D eigenvalue weighted by atomic mass is 10.2. The quantitative estimate of drug-likeness (QED) is 0.881. The average Bonchev–Trinajstić information content (AvgIpc) is 2.49. The first-order valence-electron chi connectivity index (χ1n) is 6.30. The fraction of sp³-hybridized carbons (Fsp3) is 0.133. The maximum Gasteiger partial charge on any atom is 0.340 e. The minimum atomic E-state index is -1.08. The Morgan fingerprint density at radius 3 is 2.59 bits per heavy atom. The fourth-order valence-corrected chi connectivity index (χ4v) is 1.57. The second-order valence-corrected chi connectivity index (χ2v) is 4.44. The summed E-state index contributed by atoms with van der Waals surface area (Å²) in [6.45, 7) is 1.22. The van der Waals surface area contributed by atoms with Gasteiger partial charge in [-0.15, -0.1) is 0 Å². The number of ether oxygens (including phenoxy) is 1. The number of esters is 1. The molecule has 7 heteroatoms. The van der Waals surface area contributed by atoms with Crippen LogP contribution in [0.2, 0.25) is 0 Å². The number of carbonyl (C=O) groups is 2. The highest BCUT2D eigenvalue weighted by Crippen LogP contribution is 2.13. The number of nitrogens with zero attached hydrogens (tertiary/aromatic N) is 1. The van der Waals surface area contributed by atoms with Crippen LogP contribution in [0.5, 0.6) is 0 Å². The monoisotopic (exact) mass is 306 g/mol. The van der Waals surface area contributed by atoms with Gasteiger partial charge in [-0.25, -0.2) is 13.6 Å². The van der Waals surface area contributed by atoms with E-state index in [1.807, 2.05) is 0 Å². The summed E-state index contributed by atoms with van der Waals surface area (Å²) in [6, 6.07) is 6.08. The molecule has 0 spiro atoms. The summed E-state index contributed by atoms with van der Waals surface area (Å²) >= 11 is 0. The van der Waals surface area contributed by atoms with Crippen molar-refractivity contribution in [2.24, 2.45) is 0 Å². The topological polar surface area (TPSA) is 68.3 Å². The third kappa shape index (κ3) is 4.08. The van der Waals surface area contributed by atoms with E-state index in [1.54, 1.807) is 13.0 Å². The molecule has 1 N–H and O–H groups in total. The molecule has 0 fully saturated rings. The highest BCUT2D eigenvalue weighted by molar-refractivity contribution is 5.95. The van der Waals surface area contributed by atoms with Gasteiger partial charge in [0.05, 0.1) is 5.56 Å². The number of aromatic nitrogens is 1. The molecular weight excluding hydrogens is 294 g/mol. The summed E-state index contributed by atoms with van der Waals surface area (Å²) in [6.07, 6.45) is 1.34. The first-order valence-corrected chi connectivity index (χ1v) is 6.30. The zero-order valence-electron chi connectivity index (χ0n) is 11.6. The van der Waals surface area contributed by atoms with Crippen LogP contribution in [-0.4, -0.2) is 23.5 Å². The van der Waals surface area contributed by atoms with Gasteiger partial charge in [0.2, 0.25) is 0 Å². The van der Waals surface area contributed by atoms with Crippen LogP contribution < -0.4 is 5.32 Å². The van der Waals surface area contributed by atoms with E-state index in [0.717, 1.165) is 17.8 Å². The summed E-state index contributed by atoms with van der Waals surface area (Å²) in [5.41, 5.74) is 1.02. The van der Waals surface area contributed by atoms with Crippen molar-refractivity contribution in [2.75, 3.05) is 11.9 Å². The van der Waals surface area contributed by atoms with Gasteiger partial charge in [0, 0.05) is 23.6 Å². The van der Waals surface area contributed by atoms with Crippen LogP contribution in [0, 0.1) is 18.6 Å². The number of amides is 1. The maximum atomic E-state index is 13.0. The normalized spacial score (nSPS) is 10.1. The van der Waals surface area contributed by atoms with E-state index in [0.29, 0.717) is 0 Å². The minimum absolute atomic E-state index is 0.0666. The second kappa shape index (κ2) is 6.75. The van der Waals surface area contributed by atoms with Crippen molar-refractivity contribution >= 4 is 17.6 Å². The third-order valence-corrected chi connectivity index (χ3v) is 2.68. The molecule has 0 radical (unpaired) electrons. The van der Waals surface area contributed by atoms with E-state index >= 15 is 0 Å². The van der Waals surface area contributed by atoms with Crippen molar-refractivity contribution in [3.05, 3.63) is 59.4 Å². The number of carbonyl (C=O) groups excluding carboxylic acids is 2. The lowest BCUT2D eigenvalue weighted by molar-refractivity contribution is -0.119. The van der Waals surface area contributed by atoms with Crippen LogP contribution in [-0.2, 0) is 9.53 Å². The van der Waals surface area contributed by atoms with Gasteiger partial charge in [-0.1, -0.05) is 0 Å². The van der Waals surface area contributed by atoms with Crippen LogP contribution in [0.15, 0.2) is 36.5 Å².